The van der Waals surface area contributed by atoms with Crippen LogP contribution in [0.1, 0.15) is 26.7 Å². The average Bonchev–Trinajstić information content (AvgIpc) is 2.34. The number of nitriles is 1. The number of rotatable bonds is 6. The van der Waals surface area contributed by atoms with Crippen molar-refractivity contribution in [1.82, 2.24) is 9.80 Å². The van der Waals surface area contributed by atoms with Crippen molar-refractivity contribution in [3.05, 3.63) is 0 Å². The zero-order valence-electron chi connectivity index (χ0n) is 11.3. The van der Waals surface area contributed by atoms with Gasteiger partial charge in [0.2, 0.25) is 0 Å². The highest BCUT2D eigenvalue weighted by Gasteiger charge is 2.29. The number of carboxylic acid groups (broad SMARTS) is 1. The molecule has 0 spiro atoms. The van der Waals surface area contributed by atoms with E-state index in [9.17, 15) is 9.90 Å². The molecule has 1 fully saturated rings. The van der Waals surface area contributed by atoms with Crippen LogP contribution < -0.4 is 0 Å². The fourth-order valence-electron chi connectivity index (χ4n) is 2.36. The molecule has 18 heavy (non-hydrogen) atoms. The van der Waals surface area contributed by atoms with Crippen LogP contribution in [0, 0.1) is 17.2 Å². The first-order chi connectivity index (χ1) is 8.54. The number of carboxylic acids is 1. The number of carbonyl (C=O) groups is 1. The molecule has 0 amide bonds. The number of hydrogen-bond donors (Lipinski definition) is 1. The van der Waals surface area contributed by atoms with Crippen molar-refractivity contribution in [2.75, 3.05) is 32.7 Å². The van der Waals surface area contributed by atoms with Crippen LogP contribution in [0.4, 0.5) is 0 Å². The Morgan fingerprint density at radius 3 is 2.39 bits per heavy atom. The highest BCUT2D eigenvalue weighted by Crippen LogP contribution is 2.14. The lowest BCUT2D eigenvalue weighted by Crippen LogP contribution is -2.53. The van der Waals surface area contributed by atoms with E-state index in [0.717, 1.165) is 32.7 Å². The van der Waals surface area contributed by atoms with E-state index in [1.807, 2.05) is 0 Å². The summed E-state index contributed by atoms with van der Waals surface area (Å²) < 4.78 is 0. The lowest BCUT2D eigenvalue weighted by atomic mass is 10.0. The largest absolute Gasteiger partial charge is 0.480 e. The second-order valence-electron chi connectivity index (χ2n) is 5.27. The Balaban J connectivity index is 2.44. The van der Waals surface area contributed by atoms with E-state index in [4.69, 9.17) is 5.26 Å². The SMILES string of the molecule is CC(C)CC(C(=O)O)N1CCN(CCC#N)CC1. The highest BCUT2D eigenvalue weighted by molar-refractivity contribution is 5.73. The van der Waals surface area contributed by atoms with E-state index in [-0.39, 0.29) is 6.04 Å². The van der Waals surface area contributed by atoms with Gasteiger partial charge in [0.25, 0.3) is 0 Å². The topological polar surface area (TPSA) is 67.6 Å². The first-order valence-corrected chi connectivity index (χ1v) is 6.60. The first kappa shape index (κ1) is 14.9. The molecule has 1 aliphatic rings. The summed E-state index contributed by atoms with van der Waals surface area (Å²) in [5.74, 6) is -0.322. The van der Waals surface area contributed by atoms with Gasteiger partial charge in [0.15, 0.2) is 0 Å². The molecule has 5 nitrogen and oxygen atoms in total. The molecule has 102 valence electrons. The third-order valence-electron chi connectivity index (χ3n) is 3.37. The maximum Gasteiger partial charge on any atom is 0.320 e. The molecule has 1 aliphatic heterocycles. The molecule has 1 saturated heterocycles. The molecule has 0 aliphatic carbocycles. The first-order valence-electron chi connectivity index (χ1n) is 6.60. The fourth-order valence-corrected chi connectivity index (χ4v) is 2.36. The standard InChI is InChI=1S/C13H23N3O2/c1-11(2)10-12(13(17)18)16-8-6-15(7-9-16)5-3-4-14/h11-12H,3,5-10H2,1-2H3,(H,17,18). The Kier molecular flexibility index (Phi) is 6.10. The van der Waals surface area contributed by atoms with Crippen LogP contribution in [0.3, 0.4) is 0 Å². The summed E-state index contributed by atoms with van der Waals surface area (Å²) in [6.45, 7) is 8.21. The maximum atomic E-state index is 11.3. The van der Waals surface area contributed by atoms with E-state index in [2.05, 4.69) is 29.7 Å². The highest BCUT2D eigenvalue weighted by atomic mass is 16.4. The third-order valence-corrected chi connectivity index (χ3v) is 3.37. The van der Waals surface area contributed by atoms with Crippen molar-refractivity contribution in [2.24, 2.45) is 5.92 Å². The van der Waals surface area contributed by atoms with Gasteiger partial charge >= 0.3 is 5.97 Å². The Labute approximate surface area is 109 Å². The van der Waals surface area contributed by atoms with Gasteiger partial charge in [-0.05, 0) is 12.3 Å². The van der Waals surface area contributed by atoms with E-state index in [0.29, 0.717) is 18.8 Å². The van der Waals surface area contributed by atoms with Crippen LogP contribution in [0.15, 0.2) is 0 Å². The predicted molar refractivity (Wildman–Crippen MR) is 69.1 cm³/mol. The average molecular weight is 253 g/mol. The number of piperazine rings is 1. The summed E-state index contributed by atoms with van der Waals surface area (Å²) in [5, 5.41) is 17.8. The molecule has 1 unspecified atom stereocenters. The van der Waals surface area contributed by atoms with Crippen molar-refractivity contribution in [3.63, 3.8) is 0 Å². The van der Waals surface area contributed by atoms with Gasteiger partial charge in [0.1, 0.15) is 6.04 Å². The van der Waals surface area contributed by atoms with Gasteiger partial charge in [-0.1, -0.05) is 13.8 Å². The second kappa shape index (κ2) is 7.34. The van der Waals surface area contributed by atoms with Gasteiger partial charge in [0.05, 0.1) is 6.07 Å². The van der Waals surface area contributed by atoms with Crippen LogP contribution in [0.5, 0.6) is 0 Å². The molecule has 1 heterocycles. The van der Waals surface area contributed by atoms with Crippen LogP contribution in [0.25, 0.3) is 0 Å². The quantitative estimate of drug-likeness (QED) is 0.765. The van der Waals surface area contributed by atoms with Gasteiger partial charge in [-0.15, -0.1) is 0 Å². The molecule has 0 bridgehead atoms. The van der Waals surface area contributed by atoms with Crippen LogP contribution in [0.2, 0.25) is 0 Å². The number of aliphatic carboxylic acids is 1. The van der Waals surface area contributed by atoms with Gasteiger partial charge in [-0.3, -0.25) is 14.6 Å². The Morgan fingerprint density at radius 2 is 1.94 bits per heavy atom. The molecule has 1 rings (SSSR count). The van der Waals surface area contributed by atoms with Crippen LogP contribution in [-0.4, -0.2) is 59.6 Å². The molecule has 0 aromatic rings. The monoisotopic (exact) mass is 253 g/mol. The van der Waals surface area contributed by atoms with E-state index >= 15 is 0 Å². The third kappa shape index (κ3) is 4.63. The zero-order chi connectivity index (χ0) is 13.5. The van der Waals surface area contributed by atoms with E-state index in [1.165, 1.54) is 0 Å². The van der Waals surface area contributed by atoms with Crippen LogP contribution >= 0.6 is 0 Å². The van der Waals surface area contributed by atoms with E-state index in [1.54, 1.807) is 0 Å². The van der Waals surface area contributed by atoms with Crippen LogP contribution in [-0.2, 0) is 4.79 Å². The molecule has 1 N–H and O–H groups in total. The Hall–Kier alpha value is -1.12. The summed E-state index contributed by atoms with van der Waals surface area (Å²) in [4.78, 5) is 15.6. The summed E-state index contributed by atoms with van der Waals surface area (Å²) in [6.07, 6.45) is 1.25. The molecule has 0 aromatic heterocycles. The predicted octanol–water partition coefficient (Wildman–Crippen LogP) is 1.02. The van der Waals surface area contributed by atoms with E-state index < -0.39 is 5.97 Å². The number of hydrogen-bond acceptors (Lipinski definition) is 4. The fraction of sp³-hybridized carbons (Fsp3) is 0.846. The second-order valence-corrected chi connectivity index (χ2v) is 5.27. The van der Waals surface area contributed by atoms with Gasteiger partial charge in [-0.2, -0.15) is 5.26 Å². The summed E-state index contributed by atoms with van der Waals surface area (Å²) in [7, 11) is 0. The zero-order valence-corrected chi connectivity index (χ0v) is 11.3. The summed E-state index contributed by atoms with van der Waals surface area (Å²) in [5.41, 5.74) is 0. The molecular weight excluding hydrogens is 230 g/mol. The molecule has 0 aromatic carbocycles. The molecule has 5 heteroatoms. The minimum Gasteiger partial charge on any atom is -0.480 e. The molecule has 1 atom stereocenters. The molecular formula is C13H23N3O2. The van der Waals surface area contributed by atoms with Crippen molar-refractivity contribution < 1.29 is 9.90 Å². The summed E-state index contributed by atoms with van der Waals surface area (Å²) >= 11 is 0. The normalized spacial score (nSPS) is 19.7. The number of nitrogens with zero attached hydrogens (tertiary/aromatic N) is 3. The Bertz CT molecular complexity index is 304. The lowest BCUT2D eigenvalue weighted by Gasteiger charge is -2.37. The van der Waals surface area contributed by atoms with Gasteiger partial charge in [-0.25, -0.2) is 0 Å². The van der Waals surface area contributed by atoms with Crippen molar-refractivity contribution in [3.8, 4) is 6.07 Å². The smallest absolute Gasteiger partial charge is 0.320 e. The summed E-state index contributed by atoms with van der Waals surface area (Å²) in [6, 6.07) is 1.79. The van der Waals surface area contributed by atoms with Crippen molar-refractivity contribution >= 4 is 5.97 Å². The molecule has 0 radical (unpaired) electrons. The lowest BCUT2D eigenvalue weighted by molar-refractivity contribution is -0.144. The maximum absolute atomic E-state index is 11.3. The van der Waals surface area contributed by atoms with Gasteiger partial charge < -0.3 is 5.11 Å². The Morgan fingerprint density at radius 1 is 1.33 bits per heavy atom. The minimum atomic E-state index is -0.714. The molecule has 0 saturated carbocycles. The van der Waals surface area contributed by atoms with Crippen molar-refractivity contribution in [1.29, 1.82) is 5.26 Å². The minimum absolute atomic E-state index is 0.358. The van der Waals surface area contributed by atoms with Gasteiger partial charge in [0, 0.05) is 39.1 Å². The van der Waals surface area contributed by atoms with Crippen molar-refractivity contribution in [2.45, 2.75) is 32.7 Å².